The summed E-state index contributed by atoms with van der Waals surface area (Å²) in [7, 11) is 0. The van der Waals surface area contributed by atoms with E-state index >= 15 is 0 Å². The molecule has 3 heterocycles. The highest BCUT2D eigenvalue weighted by Crippen LogP contribution is 2.29. The van der Waals surface area contributed by atoms with Gasteiger partial charge in [-0.2, -0.15) is 4.98 Å². The van der Waals surface area contributed by atoms with Crippen molar-refractivity contribution in [3.63, 3.8) is 0 Å². The number of hydrogen-bond acceptors (Lipinski definition) is 5. The molecule has 7 heteroatoms. The Balaban J connectivity index is 1.54. The molecule has 0 atom stereocenters. The van der Waals surface area contributed by atoms with Crippen molar-refractivity contribution in [2.24, 2.45) is 0 Å². The van der Waals surface area contributed by atoms with Gasteiger partial charge in [0.25, 0.3) is 0 Å². The monoisotopic (exact) mass is 412 g/mol. The maximum atomic E-state index is 12.8. The molecule has 1 saturated heterocycles. The van der Waals surface area contributed by atoms with E-state index < -0.39 is 0 Å². The van der Waals surface area contributed by atoms with E-state index in [1.54, 1.807) is 12.4 Å². The van der Waals surface area contributed by atoms with E-state index in [4.69, 9.17) is 0 Å². The molecule has 0 aromatic carbocycles. The second kappa shape index (κ2) is 9.57. The topological polar surface area (TPSA) is 68.1 Å². The molecule has 1 aliphatic heterocycles. The van der Waals surface area contributed by atoms with Crippen LogP contribution in [0.2, 0.25) is 0 Å². The highest BCUT2D eigenvalue weighted by molar-refractivity contribution is 7.99. The minimum Gasteiger partial charge on any atom is -0.342 e. The van der Waals surface area contributed by atoms with Crippen molar-refractivity contribution < 1.29 is 4.79 Å². The van der Waals surface area contributed by atoms with Gasteiger partial charge in [-0.25, -0.2) is 4.79 Å². The zero-order chi connectivity index (χ0) is 20.1. The third kappa shape index (κ3) is 4.89. The summed E-state index contributed by atoms with van der Waals surface area (Å²) >= 11 is 1.45. The Bertz CT molecular complexity index is 905. The van der Waals surface area contributed by atoms with Gasteiger partial charge in [0.15, 0.2) is 0 Å². The molecule has 6 nitrogen and oxygen atoms in total. The third-order valence-corrected chi connectivity index (χ3v) is 6.83. The van der Waals surface area contributed by atoms with Crippen LogP contribution in [-0.2, 0) is 24.2 Å². The highest BCUT2D eigenvalue weighted by Gasteiger charge is 2.22. The van der Waals surface area contributed by atoms with Gasteiger partial charge in [0, 0.05) is 36.7 Å². The summed E-state index contributed by atoms with van der Waals surface area (Å²) in [6.07, 6.45) is 12.1. The smallest absolute Gasteiger partial charge is 0.342 e. The van der Waals surface area contributed by atoms with Crippen molar-refractivity contribution in [1.82, 2.24) is 19.4 Å². The summed E-state index contributed by atoms with van der Waals surface area (Å²) in [6.45, 7) is 2.24. The molecule has 2 aromatic rings. The summed E-state index contributed by atoms with van der Waals surface area (Å²) in [5.74, 6) is 0.539. The quantitative estimate of drug-likeness (QED) is 0.558. The summed E-state index contributed by atoms with van der Waals surface area (Å²) < 4.78 is 1.81. The maximum Gasteiger partial charge on any atom is 0.349 e. The van der Waals surface area contributed by atoms with Gasteiger partial charge in [0.1, 0.15) is 5.03 Å². The predicted molar refractivity (Wildman–Crippen MR) is 114 cm³/mol. The Kier molecular flexibility index (Phi) is 6.64. The van der Waals surface area contributed by atoms with E-state index in [9.17, 15) is 9.59 Å². The fraction of sp³-hybridized carbons (Fsp3) is 0.545. The van der Waals surface area contributed by atoms with Crippen molar-refractivity contribution in [2.75, 3.05) is 18.8 Å². The van der Waals surface area contributed by atoms with E-state index in [0.717, 1.165) is 67.9 Å². The first kappa shape index (κ1) is 20.1. The Labute approximate surface area is 175 Å². The number of hydrogen-bond donors (Lipinski definition) is 0. The number of fused-ring (bicyclic) bond motifs is 1. The molecule has 1 fully saturated rings. The lowest BCUT2D eigenvalue weighted by Gasteiger charge is -2.23. The Morgan fingerprint density at radius 1 is 1.00 bits per heavy atom. The van der Waals surface area contributed by atoms with Gasteiger partial charge in [-0.1, -0.05) is 24.6 Å². The van der Waals surface area contributed by atoms with Gasteiger partial charge in [-0.3, -0.25) is 14.3 Å². The lowest BCUT2D eigenvalue weighted by Crippen LogP contribution is -2.34. The van der Waals surface area contributed by atoms with Crippen molar-refractivity contribution in [2.45, 2.75) is 62.9 Å². The predicted octanol–water partition coefficient (Wildman–Crippen LogP) is 3.06. The molecule has 154 valence electrons. The fourth-order valence-electron chi connectivity index (χ4n) is 4.24. The molecular weight excluding hydrogens is 384 g/mol. The van der Waals surface area contributed by atoms with Crippen LogP contribution in [0.25, 0.3) is 0 Å². The number of amides is 1. The molecule has 0 bridgehead atoms. The van der Waals surface area contributed by atoms with Gasteiger partial charge in [0.2, 0.25) is 5.91 Å². The largest absolute Gasteiger partial charge is 0.349 e. The summed E-state index contributed by atoms with van der Waals surface area (Å²) in [5, 5.41) is 0.763. The molecule has 0 saturated carbocycles. The Hall–Kier alpha value is -2.15. The van der Waals surface area contributed by atoms with Crippen LogP contribution in [0, 0.1) is 0 Å². The summed E-state index contributed by atoms with van der Waals surface area (Å²) in [6, 6.07) is 3.87. The molecule has 0 spiro atoms. The normalized spacial score (nSPS) is 16.9. The van der Waals surface area contributed by atoms with Gasteiger partial charge in [0.05, 0.1) is 12.3 Å². The molecule has 1 amide bonds. The zero-order valence-corrected chi connectivity index (χ0v) is 17.6. The number of pyridine rings is 1. The summed E-state index contributed by atoms with van der Waals surface area (Å²) in [5.41, 5.74) is 3.09. The van der Waals surface area contributed by atoms with E-state index in [1.165, 1.54) is 30.2 Å². The second-order valence-electron chi connectivity index (χ2n) is 7.86. The van der Waals surface area contributed by atoms with Crippen LogP contribution >= 0.6 is 11.8 Å². The first-order chi connectivity index (χ1) is 14.2. The molecule has 2 aliphatic rings. The van der Waals surface area contributed by atoms with Crippen molar-refractivity contribution in [3.05, 3.63) is 51.8 Å². The lowest BCUT2D eigenvalue weighted by molar-refractivity contribution is -0.128. The second-order valence-corrected chi connectivity index (χ2v) is 8.82. The van der Waals surface area contributed by atoms with E-state index in [1.807, 2.05) is 21.6 Å². The molecule has 29 heavy (non-hydrogen) atoms. The van der Waals surface area contributed by atoms with Gasteiger partial charge in [-0.05, 0) is 56.2 Å². The standard InChI is InChI=1S/C22H28N4O2S/c27-20(25-13-5-1-2-6-14-25)16-29-21-18-7-3-4-8-19(18)26(22(28)24-21)15-17-9-11-23-12-10-17/h9-12H,1-8,13-16H2. The number of thioether (sulfide) groups is 1. The highest BCUT2D eigenvalue weighted by atomic mass is 32.2. The first-order valence-electron chi connectivity index (χ1n) is 10.6. The molecule has 2 aromatic heterocycles. The number of likely N-dealkylation sites (tertiary alicyclic amines) is 1. The molecule has 0 unspecified atom stereocenters. The van der Waals surface area contributed by atoms with E-state index in [2.05, 4.69) is 9.97 Å². The summed E-state index contributed by atoms with van der Waals surface area (Å²) in [4.78, 5) is 35.9. The van der Waals surface area contributed by atoms with Crippen LogP contribution in [0.4, 0.5) is 0 Å². The van der Waals surface area contributed by atoms with Gasteiger partial charge in [-0.15, -0.1) is 0 Å². The van der Waals surface area contributed by atoms with Crippen LogP contribution in [0.3, 0.4) is 0 Å². The lowest BCUT2D eigenvalue weighted by atomic mass is 9.97. The molecule has 1 aliphatic carbocycles. The average Bonchev–Trinajstić information content (AvgIpc) is 3.05. The van der Waals surface area contributed by atoms with Crippen molar-refractivity contribution in [3.8, 4) is 0 Å². The van der Waals surface area contributed by atoms with Crippen molar-refractivity contribution in [1.29, 1.82) is 0 Å². The maximum absolute atomic E-state index is 12.8. The number of nitrogens with zero attached hydrogens (tertiary/aromatic N) is 4. The Morgan fingerprint density at radius 3 is 2.48 bits per heavy atom. The molecule has 0 N–H and O–H groups in total. The van der Waals surface area contributed by atoms with Gasteiger partial charge >= 0.3 is 5.69 Å². The molecular formula is C22H28N4O2S. The van der Waals surface area contributed by atoms with E-state index in [-0.39, 0.29) is 11.6 Å². The van der Waals surface area contributed by atoms with Gasteiger partial charge < -0.3 is 4.90 Å². The van der Waals surface area contributed by atoms with E-state index in [0.29, 0.717) is 12.3 Å². The number of aromatic nitrogens is 3. The van der Waals surface area contributed by atoms with Crippen LogP contribution in [0.15, 0.2) is 34.3 Å². The minimum absolute atomic E-state index is 0.171. The van der Waals surface area contributed by atoms with Crippen LogP contribution in [0.5, 0.6) is 0 Å². The first-order valence-corrected chi connectivity index (χ1v) is 11.6. The molecule has 4 rings (SSSR count). The van der Waals surface area contributed by atoms with Crippen LogP contribution in [0.1, 0.15) is 55.3 Å². The number of rotatable bonds is 5. The number of carbonyl (C=O) groups excluding carboxylic acids is 1. The third-order valence-electron chi connectivity index (χ3n) is 5.83. The molecule has 0 radical (unpaired) electrons. The minimum atomic E-state index is -0.216. The van der Waals surface area contributed by atoms with Crippen LogP contribution in [-0.4, -0.2) is 44.2 Å². The Morgan fingerprint density at radius 2 is 1.72 bits per heavy atom. The van der Waals surface area contributed by atoms with Crippen LogP contribution < -0.4 is 5.69 Å². The zero-order valence-electron chi connectivity index (χ0n) is 16.8. The van der Waals surface area contributed by atoms with Crippen molar-refractivity contribution >= 4 is 17.7 Å². The average molecular weight is 413 g/mol. The fourth-order valence-corrected chi connectivity index (χ4v) is 5.22. The SMILES string of the molecule is O=C(CSc1nc(=O)n(Cc2ccncc2)c2c1CCCC2)N1CCCCCC1. The number of carbonyl (C=O) groups is 1.